The molecule has 1 atom stereocenters. The van der Waals surface area contributed by atoms with E-state index in [4.69, 9.17) is 11.6 Å². The molecular weight excluding hydrogens is 230 g/mol. The van der Waals surface area contributed by atoms with E-state index in [-0.39, 0.29) is 12.0 Å². The highest BCUT2D eigenvalue weighted by Crippen LogP contribution is 2.20. The molecule has 6 nitrogen and oxygen atoms in total. The van der Waals surface area contributed by atoms with Gasteiger partial charge in [0.2, 0.25) is 11.9 Å². The van der Waals surface area contributed by atoms with E-state index in [1.807, 2.05) is 13.8 Å². The number of nitrogens with zero attached hydrogens (tertiary/aromatic N) is 1. The number of nitrogens with one attached hydrogen (secondary N) is 2. The van der Waals surface area contributed by atoms with Gasteiger partial charge in [-0.25, -0.2) is 10.8 Å². The van der Waals surface area contributed by atoms with E-state index in [2.05, 4.69) is 15.7 Å². The van der Waals surface area contributed by atoms with Crippen LogP contribution in [0, 0.1) is 5.92 Å². The minimum absolute atomic E-state index is 0.0902. The Morgan fingerprint density at radius 1 is 1.28 bits per heavy atom. The molecule has 0 aromatic carbocycles. The van der Waals surface area contributed by atoms with E-state index in [0.717, 1.165) is 12.8 Å². The van der Waals surface area contributed by atoms with Crippen LogP contribution in [-0.2, 0) is 4.79 Å². The third-order valence-corrected chi connectivity index (χ3v) is 3.29. The smallest absolute Gasteiger partial charge is 0.240 e. The SMILES string of the molecule is CC(C)C(NC(=NC1CCCCC1)NN)C(N)=O. The Hall–Kier alpha value is -1.30. The lowest BCUT2D eigenvalue weighted by molar-refractivity contribution is -0.120. The molecule has 0 aliphatic heterocycles. The number of hydrogen-bond acceptors (Lipinski definition) is 3. The molecule has 1 saturated carbocycles. The van der Waals surface area contributed by atoms with Gasteiger partial charge in [-0.2, -0.15) is 0 Å². The second-order valence-electron chi connectivity index (χ2n) is 5.18. The lowest BCUT2D eigenvalue weighted by Crippen LogP contribution is -2.53. The number of primary amides is 1. The van der Waals surface area contributed by atoms with Gasteiger partial charge in [-0.1, -0.05) is 33.1 Å². The number of amides is 1. The number of hydrogen-bond donors (Lipinski definition) is 4. The largest absolute Gasteiger partial charge is 0.368 e. The summed E-state index contributed by atoms with van der Waals surface area (Å²) in [5.41, 5.74) is 7.87. The van der Waals surface area contributed by atoms with Crippen LogP contribution < -0.4 is 22.3 Å². The van der Waals surface area contributed by atoms with E-state index in [0.29, 0.717) is 5.96 Å². The lowest BCUT2D eigenvalue weighted by Gasteiger charge is -2.23. The minimum Gasteiger partial charge on any atom is -0.368 e. The Balaban J connectivity index is 2.63. The lowest BCUT2D eigenvalue weighted by atomic mass is 9.96. The first-order valence-corrected chi connectivity index (χ1v) is 6.65. The van der Waals surface area contributed by atoms with Crippen LogP contribution in [0.4, 0.5) is 0 Å². The summed E-state index contributed by atoms with van der Waals surface area (Å²) in [6, 6.07) is -0.165. The molecule has 0 spiro atoms. The van der Waals surface area contributed by atoms with Crippen LogP contribution >= 0.6 is 0 Å². The normalized spacial score (nSPS) is 19.7. The highest BCUT2D eigenvalue weighted by molar-refractivity contribution is 5.88. The molecule has 1 fully saturated rings. The molecule has 18 heavy (non-hydrogen) atoms. The molecule has 0 heterocycles. The maximum atomic E-state index is 11.3. The molecule has 104 valence electrons. The van der Waals surface area contributed by atoms with Crippen molar-refractivity contribution in [2.24, 2.45) is 22.5 Å². The highest BCUT2D eigenvalue weighted by atomic mass is 16.1. The summed E-state index contributed by atoms with van der Waals surface area (Å²) in [7, 11) is 0. The molecule has 1 unspecified atom stereocenters. The minimum atomic E-state index is -0.455. The van der Waals surface area contributed by atoms with Crippen molar-refractivity contribution in [3.8, 4) is 0 Å². The Bertz CT molecular complexity index is 297. The molecule has 1 amide bonds. The summed E-state index contributed by atoms with van der Waals surface area (Å²) in [4.78, 5) is 15.8. The Morgan fingerprint density at radius 3 is 2.33 bits per heavy atom. The molecule has 0 aromatic rings. The van der Waals surface area contributed by atoms with Crippen molar-refractivity contribution in [1.82, 2.24) is 10.7 Å². The Morgan fingerprint density at radius 2 is 1.89 bits per heavy atom. The molecule has 1 aliphatic rings. The molecule has 0 aromatic heterocycles. The monoisotopic (exact) mass is 255 g/mol. The zero-order valence-corrected chi connectivity index (χ0v) is 11.3. The van der Waals surface area contributed by atoms with Gasteiger partial charge in [0.1, 0.15) is 6.04 Å². The fourth-order valence-corrected chi connectivity index (χ4v) is 2.22. The molecule has 0 saturated heterocycles. The van der Waals surface area contributed by atoms with Crippen molar-refractivity contribution in [2.75, 3.05) is 0 Å². The highest BCUT2D eigenvalue weighted by Gasteiger charge is 2.21. The quantitative estimate of drug-likeness (QED) is 0.250. The first kappa shape index (κ1) is 14.8. The van der Waals surface area contributed by atoms with Gasteiger partial charge < -0.3 is 11.1 Å². The van der Waals surface area contributed by atoms with Crippen LogP contribution in [0.2, 0.25) is 0 Å². The summed E-state index contributed by atoms with van der Waals surface area (Å²) in [6.45, 7) is 3.86. The van der Waals surface area contributed by atoms with Crippen molar-refractivity contribution in [3.05, 3.63) is 0 Å². The predicted molar refractivity (Wildman–Crippen MR) is 72.6 cm³/mol. The number of aliphatic imine (C=N–C) groups is 1. The third-order valence-electron chi connectivity index (χ3n) is 3.29. The second kappa shape index (κ2) is 7.20. The molecule has 1 rings (SSSR count). The van der Waals surface area contributed by atoms with Gasteiger partial charge in [0.15, 0.2) is 0 Å². The summed E-state index contributed by atoms with van der Waals surface area (Å²) in [6.07, 6.45) is 5.84. The van der Waals surface area contributed by atoms with Gasteiger partial charge in [-0.05, 0) is 18.8 Å². The van der Waals surface area contributed by atoms with Crippen molar-refractivity contribution >= 4 is 11.9 Å². The number of carbonyl (C=O) groups is 1. The summed E-state index contributed by atoms with van der Waals surface area (Å²) < 4.78 is 0. The van der Waals surface area contributed by atoms with Crippen molar-refractivity contribution < 1.29 is 4.79 Å². The first-order valence-electron chi connectivity index (χ1n) is 6.65. The van der Waals surface area contributed by atoms with Crippen LogP contribution in [0.25, 0.3) is 0 Å². The van der Waals surface area contributed by atoms with E-state index in [1.54, 1.807) is 0 Å². The van der Waals surface area contributed by atoms with Crippen LogP contribution in [-0.4, -0.2) is 24.0 Å². The number of hydrazine groups is 1. The van der Waals surface area contributed by atoms with Crippen molar-refractivity contribution in [1.29, 1.82) is 0 Å². The van der Waals surface area contributed by atoms with Gasteiger partial charge >= 0.3 is 0 Å². The zero-order valence-electron chi connectivity index (χ0n) is 11.3. The predicted octanol–water partition coefficient (Wildman–Crippen LogP) is 0.238. The van der Waals surface area contributed by atoms with Gasteiger partial charge in [-0.3, -0.25) is 10.2 Å². The first-order chi connectivity index (χ1) is 8.54. The number of rotatable bonds is 4. The summed E-state index contributed by atoms with van der Waals surface area (Å²) in [5.74, 6) is 5.60. The standard InChI is InChI=1S/C12H25N5O/c1-8(2)10(11(13)18)16-12(17-14)15-9-6-4-3-5-7-9/h8-10H,3-7,14H2,1-2H3,(H2,13,18)(H2,15,16,17). The van der Waals surface area contributed by atoms with E-state index in [9.17, 15) is 4.79 Å². The van der Waals surface area contributed by atoms with Crippen molar-refractivity contribution in [2.45, 2.75) is 58.0 Å². The maximum absolute atomic E-state index is 11.3. The second-order valence-corrected chi connectivity index (χ2v) is 5.18. The summed E-state index contributed by atoms with van der Waals surface area (Å²) >= 11 is 0. The molecule has 6 heteroatoms. The molecular formula is C12H25N5O. The van der Waals surface area contributed by atoms with Gasteiger partial charge in [0.25, 0.3) is 0 Å². The fourth-order valence-electron chi connectivity index (χ4n) is 2.22. The Kier molecular flexibility index (Phi) is 5.91. The molecule has 0 radical (unpaired) electrons. The average molecular weight is 255 g/mol. The van der Waals surface area contributed by atoms with Crippen LogP contribution in [0.3, 0.4) is 0 Å². The van der Waals surface area contributed by atoms with E-state index in [1.165, 1.54) is 19.3 Å². The summed E-state index contributed by atoms with van der Waals surface area (Å²) in [5, 5.41) is 2.99. The van der Waals surface area contributed by atoms with Crippen LogP contribution in [0.15, 0.2) is 4.99 Å². The third kappa shape index (κ3) is 4.52. The van der Waals surface area contributed by atoms with Crippen molar-refractivity contribution in [3.63, 3.8) is 0 Å². The van der Waals surface area contributed by atoms with Gasteiger partial charge in [0, 0.05) is 0 Å². The molecule has 1 aliphatic carbocycles. The van der Waals surface area contributed by atoms with Crippen LogP contribution in [0.1, 0.15) is 46.0 Å². The molecule has 6 N–H and O–H groups in total. The topological polar surface area (TPSA) is 106 Å². The fraction of sp³-hybridized carbons (Fsp3) is 0.833. The number of carbonyl (C=O) groups excluding carboxylic acids is 1. The molecule has 0 bridgehead atoms. The van der Waals surface area contributed by atoms with Gasteiger partial charge in [0.05, 0.1) is 6.04 Å². The van der Waals surface area contributed by atoms with E-state index >= 15 is 0 Å². The maximum Gasteiger partial charge on any atom is 0.240 e. The zero-order chi connectivity index (χ0) is 13.5. The number of nitrogens with two attached hydrogens (primary N) is 2. The van der Waals surface area contributed by atoms with Crippen LogP contribution in [0.5, 0.6) is 0 Å². The Labute approximate surface area is 109 Å². The number of guanidine groups is 1. The van der Waals surface area contributed by atoms with Gasteiger partial charge in [-0.15, -0.1) is 0 Å². The average Bonchev–Trinajstić information content (AvgIpc) is 2.34. The van der Waals surface area contributed by atoms with E-state index < -0.39 is 11.9 Å².